The van der Waals surface area contributed by atoms with E-state index < -0.39 is 17.6 Å². The molecule has 0 spiro atoms. The number of benzene rings is 2. The van der Waals surface area contributed by atoms with Crippen molar-refractivity contribution in [2.75, 3.05) is 49.1 Å². The zero-order valence-electron chi connectivity index (χ0n) is 23.8. The molecule has 5 heterocycles. The summed E-state index contributed by atoms with van der Waals surface area (Å²) in [6.45, 7) is 5.65. The third kappa shape index (κ3) is 4.91. The number of hydrogen-bond donors (Lipinski definition) is 2. The molecule has 4 aliphatic rings. The molecule has 3 aromatic rings. The molecule has 3 saturated heterocycles. The SMILES string of the molecule is C[C@@]1(O)CCCN(c2nc(OC[C@@]34CCCN3C[C@H](F)C4)nc3c2CCN(c2cc(O)cc4ccc(F)c(Cl)c24)C3)C1. The van der Waals surface area contributed by atoms with E-state index in [1.165, 1.54) is 6.07 Å². The summed E-state index contributed by atoms with van der Waals surface area (Å²) >= 11 is 6.45. The van der Waals surface area contributed by atoms with Gasteiger partial charge < -0.3 is 24.7 Å². The molecule has 2 N–H and O–H groups in total. The quantitative estimate of drug-likeness (QED) is 0.424. The lowest BCUT2D eigenvalue weighted by Crippen LogP contribution is -2.47. The predicted molar refractivity (Wildman–Crippen MR) is 158 cm³/mol. The fourth-order valence-electron chi connectivity index (χ4n) is 7.58. The van der Waals surface area contributed by atoms with Gasteiger partial charge in [-0.1, -0.05) is 17.7 Å². The molecule has 224 valence electrons. The molecular formula is C31H36ClF2N5O3. The van der Waals surface area contributed by atoms with Gasteiger partial charge in [0, 0.05) is 49.6 Å². The van der Waals surface area contributed by atoms with Crippen molar-refractivity contribution in [3.05, 3.63) is 46.4 Å². The van der Waals surface area contributed by atoms with Crippen LogP contribution < -0.4 is 14.5 Å². The molecule has 0 bridgehead atoms. The second-order valence-electron chi connectivity index (χ2n) is 12.7. The molecule has 0 saturated carbocycles. The molecular weight excluding hydrogens is 564 g/mol. The predicted octanol–water partition coefficient (Wildman–Crippen LogP) is 5.00. The standard InChI is InChI=1S/C31H36ClF2N5O3/c1-30(41)7-2-9-38(17-30)28-22-6-11-37(25-13-21(40)12-19-4-5-23(34)27(32)26(19)25)16-24(22)35-29(36-28)42-18-31-8-3-10-39(31)15-20(33)14-31/h4-5,12-13,20,40-41H,2-3,6-11,14-18H2,1H3/t20-,30-,31+/m1/s1. The Kier molecular flexibility index (Phi) is 6.86. The average Bonchev–Trinajstić information content (AvgIpc) is 3.48. The maximum absolute atomic E-state index is 14.5. The Labute approximate surface area is 248 Å². The first-order valence-corrected chi connectivity index (χ1v) is 15.2. The number of aromatic hydroxyl groups is 1. The molecule has 8 nitrogen and oxygen atoms in total. The highest BCUT2D eigenvalue weighted by atomic mass is 35.5. The molecule has 1 aromatic heterocycles. The van der Waals surface area contributed by atoms with Crippen molar-refractivity contribution >= 4 is 33.9 Å². The van der Waals surface area contributed by atoms with Gasteiger partial charge in [0.05, 0.1) is 34.1 Å². The second kappa shape index (κ2) is 10.3. The first-order valence-electron chi connectivity index (χ1n) is 14.9. The summed E-state index contributed by atoms with van der Waals surface area (Å²) in [7, 11) is 0. The summed E-state index contributed by atoms with van der Waals surface area (Å²) in [5.41, 5.74) is 1.22. The largest absolute Gasteiger partial charge is 0.508 e. The van der Waals surface area contributed by atoms with Crippen LogP contribution in [0.15, 0.2) is 24.3 Å². The van der Waals surface area contributed by atoms with Gasteiger partial charge >= 0.3 is 6.01 Å². The summed E-state index contributed by atoms with van der Waals surface area (Å²) < 4.78 is 35.2. The summed E-state index contributed by atoms with van der Waals surface area (Å²) in [6.07, 6.45) is 3.67. The van der Waals surface area contributed by atoms with Crippen LogP contribution in [0.5, 0.6) is 11.8 Å². The van der Waals surface area contributed by atoms with Gasteiger partial charge in [-0.25, -0.2) is 8.78 Å². The number of rotatable bonds is 5. The lowest BCUT2D eigenvalue weighted by atomic mass is 9.94. The van der Waals surface area contributed by atoms with E-state index in [1.54, 1.807) is 18.2 Å². The number of fused-ring (bicyclic) bond motifs is 3. The number of hydrogen-bond acceptors (Lipinski definition) is 8. The van der Waals surface area contributed by atoms with Gasteiger partial charge in [0.25, 0.3) is 0 Å². The fourth-order valence-corrected chi connectivity index (χ4v) is 7.85. The molecule has 0 radical (unpaired) electrons. The number of phenolic OH excluding ortho intramolecular Hbond substituents is 1. The van der Waals surface area contributed by atoms with Gasteiger partial charge in [0.2, 0.25) is 0 Å². The van der Waals surface area contributed by atoms with Crippen LogP contribution in [0.25, 0.3) is 10.8 Å². The Bertz CT molecular complexity index is 1540. The molecule has 7 rings (SSSR count). The Morgan fingerprint density at radius 1 is 1.12 bits per heavy atom. The smallest absolute Gasteiger partial charge is 0.318 e. The van der Waals surface area contributed by atoms with Crippen molar-refractivity contribution in [1.29, 1.82) is 0 Å². The lowest BCUT2D eigenvalue weighted by Gasteiger charge is -2.40. The number of phenols is 1. The molecule has 3 atom stereocenters. The Balaban J connectivity index is 1.26. The van der Waals surface area contributed by atoms with Crippen LogP contribution in [0, 0.1) is 5.82 Å². The summed E-state index contributed by atoms with van der Waals surface area (Å²) in [5.74, 6) is 0.306. The fraction of sp³-hybridized carbons (Fsp3) is 0.548. The van der Waals surface area contributed by atoms with Crippen molar-refractivity contribution < 1.29 is 23.7 Å². The normalized spacial score (nSPS) is 27.9. The van der Waals surface area contributed by atoms with Gasteiger partial charge in [-0.2, -0.15) is 9.97 Å². The van der Waals surface area contributed by atoms with Crippen molar-refractivity contribution in [3.8, 4) is 11.8 Å². The van der Waals surface area contributed by atoms with Crippen molar-refractivity contribution in [2.45, 2.75) is 69.3 Å². The second-order valence-corrected chi connectivity index (χ2v) is 13.1. The minimum Gasteiger partial charge on any atom is -0.508 e. The minimum absolute atomic E-state index is 0.0133. The van der Waals surface area contributed by atoms with Crippen LogP contribution in [0.1, 0.15) is 50.3 Å². The third-order valence-corrected chi connectivity index (χ3v) is 9.91. The maximum Gasteiger partial charge on any atom is 0.318 e. The average molecular weight is 600 g/mol. The molecule has 0 aliphatic carbocycles. The number of aromatic nitrogens is 2. The molecule has 4 aliphatic heterocycles. The first kappa shape index (κ1) is 27.9. The van der Waals surface area contributed by atoms with Crippen LogP contribution in [0.4, 0.5) is 20.3 Å². The van der Waals surface area contributed by atoms with E-state index >= 15 is 0 Å². The van der Waals surface area contributed by atoms with E-state index in [0.29, 0.717) is 62.1 Å². The van der Waals surface area contributed by atoms with Crippen LogP contribution in [0.3, 0.4) is 0 Å². The van der Waals surface area contributed by atoms with Crippen LogP contribution in [0.2, 0.25) is 5.02 Å². The molecule has 3 fully saturated rings. The maximum atomic E-state index is 14.5. The van der Waals surface area contributed by atoms with Crippen LogP contribution in [-0.4, -0.2) is 81.7 Å². The molecule has 11 heteroatoms. The van der Waals surface area contributed by atoms with E-state index in [9.17, 15) is 19.0 Å². The van der Waals surface area contributed by atoms with Gasteiger partial charge in [-0.15, -0.1) is 0 Å². The number of anilines is 2. The monoisotopic (exact) mass is 599 g/mol. The molecule has 42 heavy (non-hydrogen) atoms. The highest BCUT2D eigenvalue weighted by molar-refractivity contribution is 6.36. The van der Waals surface area contributed by atoms with E-state index in [1.807, 2.05) is 11.8 Å². The van der Waals surface area contributed by atoms with E-state index in [2.05, 4.69) is 9.80 Å². The van der Waals surface area contributed by atoms with Crippen LogP contribution >= 0.6 is 11.6 Å². The third-order valence-electron chi connectivity index (χ3n) is 9.54. The number of halogens is 3. The molecule has 0 amide bonds. The number of β-amino-alcohol motifs (C(OH)–C–C–N with tert-alkyl or cyclic N) is 1. The number of ether oxygens (including phenoxy) is 1. The lowest BCUT2D eigenvalue weighted by molar-refractivity contribution is 0.0445. The number of alkyl halides is 1. The summed E-state index contributed by atoms with van der Waals surface area (Å²) in [4.78, 5) is 16.1. The Hall–Kier alpha value is -2.95. The van der Waals surface area contributed by atoms with Crippen LogP contribution in [-0.2, 0) is 13.0 Å². The molecule has 0 unspecified atom stereocenters. The topological polar surface area (TPSA) is 85.2 Å². The minimum atomic E-state index is -0.855. The highest BCUT2D eigenvalue weighted by Gasteiger charge is 2.49. The van der Waals surface area contributed by atoms with Gasteiger partial charge in [-0.05, 0) is 63.1 Å². The number of piperidine rings is 1. The Morgan fingerprint density at radius 2 is 1.95 bits per heavy atom. The van der Waals surface area contributed by atoms with E-state index in [-0.39, 0.29) is 22.3 Å². The van der Waals surface area contributed by atoms with Crippen molar-refractivity contribution in [2.24, 2.45) is 0 Å². The van der Waals surface area contributed by atoms with Gasteiger partial charge in [0.15, 0.2) is 0 Å². The zero-order chi connectivity index (χ0) is 29.2. The van der Waals surface area contributed by atoms with Gasteiger partial charge in [-0.3, -0.25) is 4.90 Å². The zero-order valence-corrected chi connectivity index (χ0v) is 24.5. The van der Waals surface area contributed by atoms with Crippen molar-refractivity contribution in [1.82, 2.24) is 14.9 Å². The first-order chi connectivity index (χ1) is 20.1. The summed E-state index contributed by atoms with van der Waals surface area (Å²) in [6, 6.07) is 6.35. The summed E-state index contributed by atoms with van der Waals surface area (Å²) in [5, 5.41) is 22.6. The number of aliphatic hydroxyl groups is 1. The van der Waals surface area contributed by atoms with Crippen molar-refractivity contribution in [3.63, 3.8) is 0 Å². The van der Waals surface area contributed by atoms with E-state index in [4.69, 9.17) is 26.3 Å². The molecule has 2 aromatic carbocycles. The Morgan fingerprint density at radius 3 is 2.79 bits per heavy atom. The highest BCUT2D eigenvalue weighted by Crippen LogP contribution is 2.42. The van der Waals surface area contributed by atoms with E-state index in [0.717, 1.165) is 55.8 Å². The van der Waals surface area contributed by atoms with Gasteiger partial charge in [0.1, 0.15) is 30.2 Å². The number of nitrogens with zero attached hydrogens (tertiary/aromatic N) is 5.